The van der Waals surface area contributed by atoms with Gasteiger partial charge in [0, 0.05) is 30.8 Å². The zero-order chi connectivity index (χ0) is 19.7. The summed E-state index contributed by atoms with van der Waals surface area (Å²) < 4.78 is 38.3. The Morgan fingerprint density at radius 3 is 2.38 bits per heavy atom. The minimum absolute atomic E-state index is 0. The van der Waals surface area contributed by atoms with Crippen LogP contribution in [-0.4, -0.2) is 21.4 Å². The lowest BCUT2D eigenvalue weighted by Gasteiger charge is -2.27. The van der Waals surface area contributed by atoms with Gasteiger partial charge in [0.05, 0.1) is 11.3 Å². The van der Waals surface area contributed by atoms with Crippen molar-refractivity contribution in [1.29, 1.82) is 0 Å². The van der Waals surface area contributed by atoms with E-state index >= 15 is 0 Å². The Kier molecular flexibility index (Phi) is 6.10. The van der Waals surface area contributed by atoms with Crippen LogP contribution in [0.4, 0.5) is 13.2 Å². The third-order valence-electron chi connectivity index (χ3n) is 4.89. The van der Waals surface area contributed by atoms with Gasteiger partial charge >= 0.3 is 6.18 Å². The number of alkyl halides is 3. The second-order valence-corrected chi connectivity index (χ2v) is 6.86. The van der Waals surface area contributed by atoms with E-state index in [1.807, 2.05) is 30.3 Å². The fraction of sp³-hybridized carbons (Fsp3) is 0.238. The highest BCUT2D eigenvalue weighted by Gasteiger charge is 2.30. The fourth-order valence-corrected chi connectivity index (χ4v) is 3.42. The van der Waals surface area contributed by atoms with Crippen LogP contribution in [0.3, 0.4) is 0 Å². The summed E-state index contributed by atoms with van der Waals surface area (Å²) in [6.07, 6.45) is -3.80. The molecule has 0 unspecified atom stereocenters. The minimum Gasteiger partial charge on any atom is -0.306 e. The fourth-order valence-electron chi connectivity index (χ4n) is 3.42. The number of aromatic nitrogens is 2. The van der Waals surface area contributed by atoms with Crippen molar-refractivity contribution in [2.24, 2.45) is 0 Å². The lowest BCUT2D eigenvalue weighted by molar-refractivity contribution is -0.137. The molecule has 0 atom stereocenters. The molecule has 0 radical (unpaired) electrons. The lowest BCUT2D eigenvalue weighted by Crippen LogP contribution is -2.35. The smallest absolute Gasteiger partial charge is 0.306 e. The molecule has 4 rings (SSSR count). The molecule has 0 fully saturated rings. The van der Waals surface area contributed by atoms with Crippen LogP contribution in [0.1, 0.15) is 22.4 Å². The highest BCUT2D eigenvalue weighted by atomic mass is 35.5. The van der Waals surface area contributed by atoms with E-state index in [-0.39, 0.29) is 18.0 Å². The Labute approximate surface area is 171 Å². The maximum Gasteiger partial charge on any atom is 0.416 e. The first-order valence-electron chi connectivity index (χ1n) is 8.96. The van der Waals surface area contributed by atoms with Crippen LogP contribution in [0.5, 0.6) is 0 Å². The number of aromatic amines is 1. The minimum atomic E-state index is -4.40. The standard InChI is InChI=1S/C21H18F3N3O.ClH/c22-21(23,24)16-8-6-15(7-9-16)19-25-18-13-27(11-10-17(18)20(28)26-19)12-14-4-2-1-3-5-14;/h1-9H,10-13H2,(H,25,26,28);1H. The van der Waals surface area contributed by atoms with E-state index in [0.29, 0.717) is 35.6 Å². The van der Waals surface area contributed by atoms with Gasteiger partial charge in [0.2, 0.25) is 0 Å². The summed E-state index contributed by atoms with van der Waals surface area (Å²) in [6.45, 7) is 2.04. The molecule has 0 saturated heterocycles. The molecule has 8 heteroatoms. The van der Waals surface area contributed by atoms with Crippen molar-refractivity contribution in [3.63, 3.8) is 0 Å². The summed E-state index contributed by atoms with van der Waals surface area (Å²) in [5.41, 5.74) is 2.01. The maximum absolute atomic E-state index is 12.8. The summed E-state index contributed by atoms with van der Waals surface area (Å²) in [6, 6.07) is 14.7. The van der Waals surface area contributed by atoms with E-state index in [4.69, 9.17) is 0 Å². The van der Waals surface area contributed by atoms with Crippen LogP contribution in [0.15, 0.2) is 59.4 Å². The molecular weight excluding hydrogens is 403 g/mol. The second kappa shape index (κ2) is 8.39. The van der Waals surface area contributed by atoms with Crippen molar-refractivity contribution in [3.8, 4) is 11.4 Å². The van der Waals surface area contributed by atoms with Gasteiger partial charge < -0.3 is 4.98 Å². The number of halogens is 4. The number of hydrogen-bond donors (Lipinski definition) is 1. The highest BCUT2D eigenvalue weighted by Crippen LogP contribution is 2.30. The van der Waals surface area contributed by atoms with E-state index < -0.39 is 11.7 Å². The number of H-pyrrole nitrogens is 1. The van der Waals surface area contributed by atoms with Crippen LogP contribution >= 0.6 is 12.4 Å². The Hall–Kier alpha value is -2.64. The summed E-state index contributed by atoms with van der Waals surface area (Å²) in [4.78, 5) is 21.9. The first-order chi connectivity index (χ1) is 13.4. The largest absolute Gasteiger partial charge is 0.416 e. The van der Waals surface area contributed by atoms with Crippen molar-refractivity contribution in [2.45, 2.75) is 25.7 Å². The van der Waals surface area contributed by atoms with Crippen molar-refractivity contribution in [3.05, 3.63) is 87.3 Å². The average molecular weight is 422 g/mol. The molecule has 1 aliphatic heterocycles. The molecule has 2 aromatic carbocycles. The Morgan fingerprint density at radius 2 is 1.72 bits per heavy atom. The summed E-state index contributed by atoms with van der Waals surface area (Å²) in [7, 11) is 0. The Bertz CT molecular complexity index is 1030. The van der Waals surface area contributed by atoms with Gasteiger partial charge in [0.1, 0.15) is 5.82 Å². The normalized spacial score (nSPS) is 14.2. The van der Waals surface area contributed by atoms with Crippen molar-refractivity contribution in [2.75, 3.05) is 6.54 Å². The van der Waals surface area contributed by atoms with E-state index in [9.17, 15) is 18.0 Å². The zero-order valence-corrected chi connectivity index (χ0v) is 16.2. The van der Waals surface area contributed by atoms with Crippen LogP contribution in [-0.2, 0) is 25.7 Å². The average Bonchev–Trinajstić information content (AvgIpc) is 2.68. The van der Waals surface area contributed by atoms with Gasteiger partial charge in [-0.3, -0.25) is 9.69 Å². The topological polar surface area (TPSA) is 49.0 Å². The molecule has 152 valence electrons. The molecule has 0 spiro atoms. The van der Waals surface area contributed by atoms with Gasteiger partial charge in [-0.2, -0.15) is 13.2 Å². The quantitative estimate of drug-likeness (QED) is 0.680. The molecule has 1 N–H and O–H groups in total. The predicted molar refractivity (Wildman–Crippen MR) is 107 cm³/mol. The molecule has 29 heavy (non-hydrogen) atoms. The second-order valence-electron chi connectivity index (χ2n) is 6.86. The molecule has 3 aromatic rings. The Morgan fingerprint density at radius 1 is 1.03 bits per heavy atom. The molecule has 2 heterocycles. The SMILES string of the molecule is Cl.O=c1[nH]c(-c2ccc(C(F)(F)F)cc2)nc2c1CCN(Cc1ccccc1)C2. The van der Waals surface area contributed by atoms with Gasteiger partial charge in [0.15, 0.2) is 0 Å². The van der Waals surface area contributed by atoms with E-state index in [1.165, 1.54) is 17.7 Å². The van der Waals surface area contributed by atoms with Crippen molar-refractivity contribution < 1.29 is 13.2 Å². The maximum atomic E-state index is 12.8. The van der Waals surface area contributed by atoms with Crippen molar-refractivity contribution in [1.82, 2.24) is 14.9 Å². The molecule has 0 bridgehead atoms. The monoisotopic (exact) mass is 421 g/mol. The van der Waals surface area contributed by atoms with E-state index in [1.54, 1.807) is 0 Å². The first-order valence-corrected chi connectivity index (χ1v) is 8.96. The number of benzene rings is 2. The van der Waals surface area contributed by atoms with Gasteiger partial charge in [-0.1, -0.05) is 42.5 Å². The third kappa shape index (κ3) is 4.68. The van der Waals surface area contributed by atoms with Gasteiger partial charge in [0.25, 0.3) is 5.56 Å². The highest BCUT2D eigenvalue weighted by molar-refractivity contribution is 5.85. The van der Waals surface area contributed by atoms with Crippen LogP contribution in [0.2, 0.25) is 0 Å². The van der Waals surface area contributed by atoms with Crippen molar-refractivity contribution >= 4 is 12.4 Å². The molecular formula is C21H19ClF3N3O. The molecule has 0 aliphatic carbocycles. The Balaban J connectivity index is 0.00000240. The van der Waals surface area contributed by atoms with E-state index in [2.05, 4.69) is 14.9 Å². The number of rotatable bonds is 3. The lowest BCUT2D eigenvalue weighted by atomic mass is 10.0. The first kappa shape index (κ1) is 21.1. The zero-order valence-electron chi connectivity index (χ0n) is 15.4. The molecule has 0 saturated carbocycles. The number of fused-ring (bicyclic) bond motifs is 1. The van der Waals surface area contributed by atoms with Crippen LogP contribution < -0.4 is 5.56 Å². The summed E-state index contributed by atoms with van der Waals surface area (Å²) in [5.74, 6) is 0.291. The number of hydrogen-bond acceptors (Lipinski definition) is 3. The van der Waals surface area contributed by atoms with Crippen LogP contribution in [0.25, 0.3) is 11.4 Å². The molecule has 1 aromatic heterocycles. The third-order valence-corrected chi connectivity index (χ3v) is 4.89. The predicted octanol–water partition coefficient (Wildman–Crippen LogP) is 4.44. The molecule has 0 amide bonds. The number of nitrogens with zero attached hydrogens (tertiary/aromatic N) is 2. The van der Waals surface area contributed by atoms with Gasteiger partial charge in [-0.15, -0.1) is 12.4 Å². The number of nitrogens with one attached hydrogen (secondary N) is 1. The van der Waals surface area contributed by atoms with Gasteiger partial charge in [-0.25, -0.2) is 4.98 Å². The van der Waals surface area contributed by atoms with Crippen LogP contribution in [0, 0.1) is 0 Å². The summed E-state index contributed by atoms with van der Waals surface area (Å²) in [5, 5.41) is 0. The molecule has 1 aliphatic rings. The molecule has 4 nitrogen and oxygen atoms in total. The van der Waals surface area contributed by atoms with E-state index in [0.717, 1.165) is 25.2 Å². The van der Waals surface area contributed by atoms with Gasteiger partial charge in [-0.05, 0) is 24.1 Å². The summed E-state index contributed by atoms with van der Waals surface area (Å²) >= 11 is 0.